The number of hydrogen-bond acceptors (Lipinski definition) is 7. The van der Waals surface area contributed by atoms with E-state index in [0.29, 0.717) is 56.7 Å². The van der Waals surface area contributed by atoms with Crippen molar-refractivity contribution in [2.24, 2.45) is 25.9 Å². The average molecular weight is 762 g/mol. The van der Waals surface area contributed by atoms with Crippen LogP contribution in [0.5, 0.6) is 0 Å². The molecule has 0 radical (unpaired) electrons. The first-order valence-electron chi connectivity index (χ1n) is 18.5. The number of carbonyl (C=O) groups is 3. The highest BCUT2D eigenvalue weighted by Gasteiger charge is 2.30. The molecule has 14 heteroatoms. The summed E-state index contributed by atoms with van der Waals surface area (Å²) in [5.74, 6) is -0.385. The number of fused-ring (bicyclic) bond motifs is 2. The molecule has 280 valence electrons. The van der Waals surface area contributed by atoms with Gasteiger partial charge in [-0.15, -0.1) is 0 Å². The molecule has 4 heterocycles. The minimum atomic E-state index is -0.670. The first kappa shape index (κ1) is 37.1. The van der Waals surface area contributed by atoms with E-state index in [1.807, 2.05) is 35.4 Å². The minimum Gasteiger partial charge on any atom is -0.481 e. The van der Waals surface area contributed by atoms with Crippen LogP contribution < -0.4 is 10.6 Å². The van der Waals surface area contributed by atoms with Crippen molar-refractivity contribution in [1.29, 1.82) is 0 Å². The molecule has 2 aromatic carbocycles. The van der Waals surface area contributed by atoms with Gasteiger partial charge in [-0.3, -0.25) is 24.2 Å². The summed E-state index contributed by atoms with van der Waals surface area (Å²) in [5.41, 5.74) is 5.99. The highest BCUT2D eigenvalue weighted by molar-refractivity contribution is 6.40. The molecule has 7 rings (SSSR count). The molecule has 2 aromatic heterocycles. The molecule has 0 atom stereocenters. The van der Waals surface area contributed by atoms with E-state index >= 15 is 0 Å². The van der Waals surface area contributed by atoms with Gasteiger partial charge in [0.05, 0.1) is 38.7 Å². The molecule has 3 N–H and O–H groups in total. The second-order valence-electron chi connectivity index (χ2n) is 14.5. The van der Waals surface area contributed by atoms with Gasteiger partial charge < -0.3 is 24.9 Å². The Morgan fingerprint density at radius 3 is 1.75 bits per heavy atom. The van der Waals surface area contributed by atoms with Crippen LogP contribution in [0.1, 0.15) is 83.0 Å². The number of nitrogens with one attached hydrogen (secondary N) is 2. The molecule has 3 aliphatic rings. The summed E-state index contributed by atoms with van der Waals surface area (Å²) in [6.45, 7) is 7.18. The lowest BCUT2D eigenvalue weighted by Crippen LogP contribution is -2.33. The second-order valence-corrected chi connectivity index (χ2v) is 15.3. The number of nitrogens with zero attached hydrogens (tertiary/aromatic N) is 6. The van der Waals surface area contributed by atoms with Crippen LogP contribution in [-0.4, -0.2) is 78.0 Å². The lowest BCUT2D eigenvalue weighted by molar-refractivity contribution is -0.143. The van der Waals surface area contributed by atoms with E-state index < -0.39 is 5.97 Å². The smallest absolute Gasteiger partial charge is 0.306 e. The summed E-state index contributed by atoms with van der Waals surface area (Å²) >= 11 is 13.9. The van der Waals surface area contributed by atoms with Gasteiger partial charge in [0.15, 0.2) is 11.6 Å². The number of likely N-dealkylation sites (N-methyl/N-ethyl adjacent to an activating group) is 1. The monoisotopic (exact) mass is 760 g/mol. The van der Waals surface area contributed by atoms with Crippen molar-refractivity contribution in [3.05, 3.63) is 80.9 Å². The average Bonchev–Trinajstić information content (AvgIpc) is 3.67. The predicted molar refractivity (Wildman–Crippen MR) is 206 cm³/mol. The zero-order chi connectivity index (χ0) is 37.4. The molecule has 0 spiro atoms. The Balaban J connectivity index is 1.02. The van der Waals surface area contributed by atoms with Crippen molar-refractivity contribution in [3.8, 4) is 11.1 Å². The summed E-state index contributed by atoms with van der Waals surface area (Å²) in [6.07, 6.45) is 6.13. The Morgan fingerprint density at radius 1 is 0.774 bits per heavy atom. The largest absolute Gasteiger partial charge is 0.481 e. The molecule has 12 nitrogen and oxygen atoms in total. The van der Waals surface area contributed by atoms with Gasteiger partial charge in [0, 0.05) is 75.6 Å². The number of halogens is 2. The maximum atomic E-state index is 13.7. The molecular formula is C39H46Cl2N8O4. The molecule has 4 aromatic rings. The fraction of sp³-hybridized carbons (Fsp3) is 0.462. The highest BCUT2D eigenvalue weighted by Crippen LogP contribution is 2.40. The van der Waals surface area contributed by atoms with E-state index in [2.05, 4.69) is 32.3 Å². The lowest BCUT2D eigenvalue weighted by atomic mass is 9.80. The van der Waals surface area contributed by atoms with Crippen LogP contribution in [-0.2, 0) is 44.8 Å². The van der Waals surface area contributed by atoms with E-state index in [9.17, 15) is 19.5 Å². The van der Waals surface area contributed by atoms with Crippen molar-refractivity contribution in [1.82, 2.24) is 28.9 Å². The van der Waals surface area contributed by atoms with E-state index in [1.54, 1.807) is 24.3 Å². The van der Waals surface area contributed by atoms with Crippen LogP contribution in [0, 0.1) is 11.8 Å². The summed E-state index contributed by atoms with van der Waals surface area (Å²) in [4.78, 5) is 52.6. The number of hydrogen-bond donors (Lipinski definition) is 3. The Bertz CT molecular complexity index is 2050. The maximum Gasteiger partial charge on any atom is 0.306 e. The second kappa shape index (κ2) is 15.6. The van der Waals surface area contributed by atoms with Crippen LogP contribution in [0.15, 0.2) is 36.4 Å². The summed E-state index contributed by atoms with van der Waals surface area (Å²) < 4.78 is 3.73. The number of carbonyl (C=O) groups excluding carboxylic acids is 2. The number of benzene rings is 2. The Hall–Kier alpha value is -4.23. The number of aliphatic carboxylic acids is 1. The molecule has 1 aliphatic carbocycles. The summed E-state index contributed by atoms with van der Waals surface area (Å²) in [7, 11) is 3.74. The van der Waals surface area contributed by atoms with Gasteiger partial charge in [-0.1, -0.05) is 54.4 Å². The minimum absolute atomic E-state index is 0.196. The van der Waals surface area contributed by atoms with E-state index in [0.717, 1.165) is 100 Å². The van der Waals surface area contributed by atoms with Crippen molar-refractivity contribution < 1.29 is 19.5 Å². The van der Waals surface area contributed by atoms with Crippen molar-refractivity contribution in [3.63, 3.8) is 0 Å². The first-order valence-corrected chi connectivity index (χ1v) is 19.2. The van der Waals surface area contributed by atoms with Crippen molar-refractivity contribution in [2.45, 2.75) is 65.0 Å². The SMILES string of the molecule is CCN1CCc2c(nc(C(=O)Nc3cccc(-c4cccc(NC(=O)c5nc6c(n5C)CCN(CC[C@H]5CC[C@H](C(=O)O)CC5)C6)c4Cl)c3Cl)n2C)C1. The lowest BCUT2D eigenvalue weighted by Gasteiger charge is -2.30. The highest BCUT2D eigenvalue weighted by atomic mass is 35.5. The zero-order valence-electron chi connectivity index (χ0n) is 30.4. The van der Waals surface area contributed by atoms with Gasteiger partial charge in [-0.2, -0.15) is 0 Å². The molecular weight excluding hydrogens is 715 g/mol. The van der Waals surface area contributed by atoms with Gasteiger partial charge >= 0.3 is 5.97 Å². The van der Waals surface area contributed by atoms with Crippen LogP contribution in [0.2, 0.25) is 10.0 Å². The zero-order valence-corrected chi connectivity index (χ0v) is 31.9. The topological polar surface area (TPSA) is 138 Å². The Labute approximate surface area is 319 Å². The molecule has 1 saturated carbocycles. The third-order valence-corrected chi connectivity index (χ3v) is 12.2. The number of rotatable bonds is 10. The number of carboxylic acids is 1. The van der Waals surface area contributed by atoms with Gasteiger partial charge in [0.1, 0.15) is 0 Å². The Morgan fingerprint density at radius 2 is 1.26 bits per heavy atom. The first-order chi connectivity index (χ1) is 25.5. The van der Waals surface area contributed by atoms with E-state index in [1.165, 1.54) is 0 Å². The fourth-order valence-electron chi connectivity index (χ4n) is 8.12. The van der Waals surface area contributed by atoms with Crippen molar-refractivity contribution in [2.75, 3.05) is 36.8 Å². The number of amides is 2. The molecule has 2 aliphatic heterocycles. The molecule has 1 fully saturated rings. The van der Waals surface area contributed by atoms with Crippen LogP contribution in [0.4, 0.5) is 11.4 Å². The van der Waals surface area contributed by atoms with Gasteiger partial charge in [0.25, 0.3) is 11.8 Å². The number of aromatic nitrogens is 4. The molecule has 53 heavy (non-hydrogen) atoms. The van der Waals surface area contributed by atoms with Crippen LogP contribution in [0.25, 0.3) is 11.1 Å². The van der Waals surface area contributed by atoms with Gasteiger partial charge in [0.2, 0.25) is 0 Å². The third kappa shape index (κ3) is 7.60. The van der Waals surface area contributed by atoms with Gasteiger partial charge in [-0.05, 0) is 63.2 Å². The van der Waals surface area contributed by atoms with Gasteiger partial charge in [-0.25, -0.2) is 9.97 Å². The van der Waals surface area contributed by atoms with Crippen LogP contribution in [0.3, 0.4) is 0 Å². The maximum absolute atomic E-state index is 13.7. The number of carboxylic acid groups (broad SMARTS) is 1. The standard InChI is InChI=1S/C39H46Cl2N8O4/c1-4-48-19-16-31-29(21-48)42-35(46(31)2)37(50)44-27-9-5-7-25(33(27)40)26-8-6-10-28(34(26)41)45-38(51)36-43-30-22-49(20-17-32(30)47(36)3)18-15-23-11-13-24(14-12-23)39(52)53/h5-10,23-24H,4,11-22H2,1-3H3,(H,44,50)(H,45,51)(H,52,53)/t23-,24-. The normalized spacial score (nSPS) is 19.0. The number of imidazole rings is 2. The predicted octanol–water partition coefficient (Wildman–Crippen LogP) is 6.65. The molecule has 0 unspecified atom stereocenters. The molecule has 0 bridgehead atoms. The Kier molecular flexibility index (Phi) is 10.9. The quantitative estimate of drug-likeness (QED) is 0.164. The van der Waals surface area contributed by atoms with E-state index in [-0.39, 0.29) is 17.7 Å². The van der Waals surface area contributed by atoms with E-state index in [4.69, 9.17) is 28.2 Å². The fourth-order valence-corrected chi connectivity index (χ4v) is 8.67. The van der Waals surface area contributed by atoms with Crippen LogP contribution >= 0.6 is 23.2 Å². The summed E-state index contributed by atoms with van der Waals surface area (Å²) in [6, 6.07) is 10.7. The third-order valence-electron chi connectivity index (χ3n) is 11.4. The molecule has 2 amide bonds. The summed E-state index contributed by atoms with van der Waals surface area (Å²) in [5, 5.41) is 15.8. The molecule has 0 saturated heterocycles. The van der Waals surface area contributed by atoms with Crippen molar-refractivity contribution >= 4 is 52.4 Å². The number of anilines is 2.